The van der Waals surface area contributed by atoms with Crippen molar-refractivity contribution in [3.8, 4) is 0 Å². The van der Waals surface area contributed by atoms with Crippen LogP contribution in [0.2, 0.25) is 0 Å². The zero-order chi connectivity index (χ0) is 11.2. The highest BCUT2D eigenvalue weighted by atomic mass is 15.2. The van der Waals surface area contributed by atoms with Gasteiger partial charge in [-0.25, -0.2) is 0 Å². The molecule has 0 aromatic carbocycles. The molecule has 1 N–H and O–H groups in total. The van der Waals surface area contributed by atoms with Gasteiger partial charge in [0.05, 0.1) is 0 Å². The first-order valence-corrected chi connectivity index (χ1v) is 6.12. The fraction of sp³-hybridized carbons (Fsp3) is 0.818. The molecule has 5 nitrogen and oxygen atoms in total. The second-order valence-corrected chi connectivity index (χ2v) is 4.41. The SMILES string of the molecule is Cn1cnnc1CCNCCN1CCCC1. The van der Waals surface area contributed by atoms with Gasteiger partial charge in [-0.1, -0.05) is 0 Å². The number of hydrogen-bond acceptors (Lipinski definition) is 4. The third-order valence-corrected chi connectivity index (χ3v) is 3.13. The van der Waals surface area contributed by atoms with Crippen molar-refractivity contribution < 1.29 is 0 Å². The molecule has 1 aromatic rings. The van der Waals surface area contributed by atoms with Gasteiger partial charge in [-0.05, 0) is 25.9 Å². The molecule has 1 aliphatic heterocycles. The van der Waals surface area contributed by atoms with E-state index in [1.165, 1.54) is 32.5 Å². The molecular weight excluding hydrogens is 202 g/mol. The zero-order valence-electron chi connectivity index (χ0n) is 10.0. The fourth-order valence-electron chi connectivity index (χ4n) is 2.10. The highest BCUT2D eigenvalue weighted by Gasteiger charge is 2.09. The summed E-state index contributed by atoms with van der Waals surface area (Å²) in [5.74, 6) is 1.05. The van der Waals surface area contributed by atoms with Crippen molar-refractivity contribution in [3.05, 3.63) is 12.2 Å². The summed E-state index contributed by atoms with van der Waals surface area (Å²) in [6.07, 6.45) is 5.45. The number of aryl methyl sites for hydroxylation is 1. The Morgan fingerprint density at radius 2 is 2.12 bits per heavy atom. The quantitative estimate of drug-likeness (QED) is 0.692. The highest BCUT2D eigenvalue weighted by Crippen LogP contribution is 2.05. The van der Waals surface area contributed by atoms with Crippen LogP contribution in [0.25, 0.3) is 0 Å². The minimum atomic E-state index is 0.955. The summed E-state index contributed by atoms with van der Waals surface area (Å²) in [7, 11) is 1.99. The predicted molar refractivity (Wildman–Crippen MR) is 63.3 cm³/mol. The first kappa shape index (κ1) is 11.5. The van der Waals surface area contributed by atoms with Gasteiger partial charge in [-0.15, -0.1) is 10.2 Å². The van der Waals surface area contributed by atoms with E-state index in [1.54, 1.807) is 6.33 Å². The van der Waals surface area contributed by atoms with Gasteiger partial charge in [-0.3, -0.25) is 0 Å². The largest absolute Gasteiger partial charge is 0.321 e. The van der Waals surface area contributed by atoms with Crippen molar-refractivity contribution in [1.82, 2.24) is 25.0 Å². The van der Waals surface area contributed by atoms with Gasteiger partial charge in [0.15, 0.2) is 0 Å². The molecular formula is C11H21N5. The molecule has 0 unspecified atom stereocenters. The zero-order valence-corrected chi connectivity index (χ0v) is 10.0. The van der Waals surface area contributed by atoms with E-state index in [-0.39, 0.29) is 0 Å². The molecule has 1 aromatic heterocycles. The average Bonchev–Trinajstić information content (AvgIpc) is 2.90. The minimum Gasteiger partial charge on any atom is -0.321 e. The first-order valence-electron chi connectivity index (χ1n) is 6.12. The summed E-state index contributed by atoms with van der Waals surface area (Å²) in [6, 6.07) is 0. The Kier molecular flexibility index (Phi) is 4.30. The van der Waals surface area contributed by atoms with Crippen LogP contribution in [0.3, 0.4) is 0 Å². The molecule has 1 aliphatic rings. The van der Waals surface area contributed by atoms with E-state index in [0.717, 1.165) is 25.3 Å². The topological polar surface area (TPSA) is 46.0 Å². The maximum absolute atomic E-state index is 4.05. The van der Waals surface area contributed by atoms with Gasteiger partial charge < -0.3 is 14.8 Å². The van der Waals surface area contributed by atoms with E-state index < -0.39 is 0 Å². The average molecular weight is 223 g/mol. The lowest BCUT2D eigenvalue weighted by molar-refractivity contribution is 0.336. The van der Waals surface area contributed by atoms with E-state index in [2.05, 4.69) is 20.4 Å². The minimum absolute atomic E-state index is 0.955. The van der Waals surface area contributed by atoms with Crippen LogP contribution >= 0.6 is 0 Å². The van der Waals surface area contributed by atoms with Gasteiger partial charge in [-0.2, -0.15) is 0 Å². The summed E-state index contributed by atoms with van der Waals surface area (Å²) in [6.45, 7) is 5.81. The molecule has 0 amide bonds. The van der Waals surface area contributed by atoms with Crippen LogP contribution in [0, 0.1) is 0 Å². The third-order valence-electron chi connectivity index (χ3n) is 3.13. The van der Waals surface area contributed by atoms with Crippen LogP contribution in [0.1, 0.15) is 18.7 Å². The molecule has 1 fully saturated rings. The standard InChI is InChI=1S/C11H21N5/c1-15-10-13-14-11(15)4-5-12-6-9-16-7-2-3-8-16/h10,12H,2-9H2,1H3. The highest BCUT2D eigenvalue weighted by molar-refractivity contribution is 4.84. The molecule has 1 saturated heterocycles. The fourth-order valence-corrected chi connectivity index (χ4v) is 2.10. The summed E-state index contributed by atoms with van der Waals surface area (Å²) < 4.78 is 1.97. The number of rotatable bonds is 6. The molecule has 0 bridgehead atoms. The Morgan fingerprint density at radius 3 is 2.81 bits per heavy atom. The maximum atomic E-state index is 4.05. The molecule has 2 rings (SSSR count). The van der Waals surface area contributed by atoms with Gasteiger partial charge in [0.25, 0.3) is 0 Å². The number of nitrogens with zero attached hydrogens (tertiary/aromatic N) is 4. The number of nitrogens with one attached hydrogen (secondary N) is 1. The normalized spacial score (nSPS) is 17.1. The Balaban J connectivity index is 1.53. The second kappa shape index (κ2) is 5.96. The van der Waals surface area contributed by atoms with Gasteiger partial charge >= 0.3 is 0 Å². The number of likely N-dealkylation sites (tertiary alicyclic amines) is 1. The lowest BCUT2D eigenvalue weighted by Crippen LogP contribution is -2.31. The van der Waals surface area contributed by atoms with E-state index in [0.29, 0.717) is 0 Å². The number of aromatic nitrogens is 3. The molecule has 0 aliphatic carbocycles. The third kappa shape index (κ3) is 3.28. The predicted octanol–water partition coefficient (Wildman–Crippen LogP) is 0.0430. The second-order valence-electron chi connectivity index (χ2n) is 4.41. The van der Waals surface area contributed by atoms with Gasteiger partial charge in [0.2, 0.25) is 0 Å². The smallest absolute Gasteiger partial charge is 0.133 e. The molecule has 2 heterocycles. The molecule has 90 valence electrons. The van der Waals surface area contributed by atoms with Gasteiger partial charge in [0.1, 0.15) is 12.2 Å². The summed E-state index contributed by atoms with van der Waals surface area (Å²) in [5.41, 5.74) is 0. The van der Waals surface area contributed by atoms with Crippen LogP contribution in [-0.4, -0.2) is 52.4 Å². The van der Waals surface area contributed by atoms with Crippen LogP contribution in [0.4, 0.5) is 0 Å². The van der Waals surface area contributed by atoms with Gasteiger partial charge in [0, 0.05) is 33.1 Å². The first-order chi connectivity index (χ1) is 7.86. The van der Waals surface area contributed by atoms with Crippen LogP contribution in [0.5, 0.6) is 0 Å². The van der Waals surface area contributed by atoms with Crippen LogP contribution < -0.4 is 5.32 Å². The van der Waals surface area contributed by atoms with E-state index in [9.17, 15) is 0 Å². The monoisotopic (exact) mass is 223 g/mol. The Bertz CT molecular complexity index is 303. The van der Waals surface area contributed by atoms with Crippen molar-refractivity contribution in [3.63, 3.8) is 0 Å². The Morgan fingerprint density at radius 1 is 1.31 bits per heavy atom. The molecule has 0 radical (unpaired) electrons. The maximum Gasteiger partial charge on any atom is 0.133 e. The van der Waals surface area contributed by atoms with Crippen molar-refractivity contribution in [2.45, 2.75) is 19.3 Å². The molecule has 0 saturated carbocycles. The lowest BCUT2D eigenvalue weighted by Gasteiger charge is -2.14. The Hall–Kier alpha value is -0.940. The van der Waals surface area contributed by atoms with E-state index in [1.807, 2.05) is 11.6 Å². The Labute approximate surface area is 96.8 Å². The molecule has 0 spiro atoms. The van der Waals surface area contributed by atoms with Crippen molar-refractivity contribution in [2.24, 2.45) is 7.05 Å². The molecule has 16 heavy (non-hydrogen) atoms. The van der Waals surface area contributed by atoms with Crippen molar-refractivity contribution >= 4 is 0 Å². The van der Waals surface area contributed by atoms with Crippen LogP contribution in [-0.2, 0) is 13.5 Å². The van der Waals surface area contributed by atoms with Crippen LogP contribution in [0.15, 0.2) is 6.33 Å². The van der Waals surface area contributed by atoms with E-state index >= 15 is 0 Å². The van der Waals surface area contributed by atoms with Crippen molar-refractivity contribution in [1.29, 1.82) is 0 Å². The lowest BCUT2D eigenvalue weighted by atomic mass is 10.4. The summed E-state index contributed by atoms with van der Waals surface area (Å²) in [4.78, 5) is 2.52. The molecule has 5 heteroatoms. The molecule has 0 atom stereocenters. The van der Waals surface area contributed by atoms with E-state index in [4.69, 9.17) is 0 Å². The number of hydrogen-bond donors (Lipinski definition) is 1. The summed E-state index contributed by atoms with van der Waals surface area (Å²) in [5, 5.41) is 11.4. The van der Waals surface area contributed by atoms with Crippen molar-refractivity contribution in [2.75, 3.05) is 32.7 Å². The summed E-state index contributed by atoms with van der Waals surface area (Å²) >= 11 is 0.